The topological polar surface area (TPSA) is 67.6 Å². The number of hydrogen-bond acceptors (Lipinski definition) is 5. The van der Waals surface area contributed by atoms with Gasteiger partial charge >= 0.3 is 0 Å². The van der Waals surface area contributed by atoms with Crippen LogP contribution in [0.4, 0.5) is 17.1 Å². The second kappa shape index (κ2) is 5.44. The van der Waals surface area contributed by atoms with Crippen LogP contribution in [0.5, 0.6) is 0 Å². The molecule has 1 fully saturated rings. The average Bonchev–Trinajstić information content (AvgIpc) is 2.37. The predicted molar refractivity (Wildman–Crippen MR) is 74.9 cm³/mol. The van der Waals surface area contributed by atoms with E-state index in [1.807, 2.05) is 19.9 Å². The van der Waals surface area contributed by atoms with Crippen LogP contribution in [0.3, 0.4) is 0 Å². The van der Waals surface area contributed by atoms with E-state index in [0.717, 1.165) is 24.5 Å². The SMILES string of the molecule is CNc1cc(N2CC(C)OC(C)C2)cc([N+](=O)[O-])c1. The molecule has 0 amide bonds. The highest BCUT2D eigenvalue weighted by molar-refractivity contribution is 5.64. The van der Waals surface area contributed by atoms with Crippen molar-refractivity contribution >= 4 is 17.1 Å². The van der Waals surface area contributed by atoms with Crippen LogP contribution in [-0.4, -0.2) is 37.3 Å². The number of nitrogens with zero attached hydrogens (tertiary/aromatic N) is 2. The van der Waals surface area contributed by atoms with Gasteiger partial charge in [-0.1, -0.05) is 0 Å². The molecule has 1 aliphatic heterocycles. The molecule has 1 aromatic carbocycles. The molecule has 1 aromatic rings. The molecule has 0 aromatic heterocycles. The summed E-state index contributed by atoms with van der Waals surface area (Å²) in [4.78, 5) is 12.7. The molecule has 0 bridgehead atoms. The van der Waals surface area contributed by atoms with Crippen LogP contribution in [-0.2, 0) is 4.74 Å². The van der Waals surface area contributed by atoms with Crippen molar-refractivity contribution in [1.82, 2.24) is 0 Å². The first-order valence-corrected chi connectivity index (χ1v) is 6.37. The summed E-state index contributed by atoms with van der Waals surface area (Å²) in [5.74, 6) is 0. The van der Waals surface area contributed by atoms with Gasteiger partial charge in [0.2, 0.25) is 0 Å². The lowest BCUT2D eigenvalue weighted by molar-refractivity contribution is -0.384. The number of nitro groups is 1. The Morgan fingerprint density at radius 1 is 1.32 bits per heavy atom. The van der Waals surface area contributed by atoms with Gasteiger partial charge in [-0.25, -0.2) is 0 Å². The Morgan fingerprint density at radius 2 is 1.95 bits per heavy atom. The minimum Gasteiger partial charge on any atom is -0.388 e. The summed E-state index contributed by atoms with van der Waals surface area (Å²) >= 11 is 0. The first-order valence-electron chi connectivity index (χ1n) is 6.37. The maximum absolute atomic E-state index is 11.0. The number of benzene rings is 1. The second-order valence-electron chi connectivity index (χ2n) is 4.91. The third-order valence-electron chi connectivity index (χ3n) is 3.19. The van der Waals surface area contributed by atoms with Gasteiger partial charge in [-0.15, -0.1) is 0 Å². The third-order valence-corrected chi connectivity index (χ3v) is 3.19. The molecule has 1 heterocycles. The van der Waals surface area contributed by atoms with Crippen LogP contribution in [0.2, 0.25) is 0 Å². The van der Waals surface area contributed by atoms with Gasteiger partial charge in [-0.05, 0) is 19.9 Å². The third kappa shape index (κ3) is 3.14. The largest absolute Gasteiger partial charge is 0.388 e. The maximum atomic E-state index is 11.0. The van der Waals surface area contributed by atoms with E-state index in [-0.39, 0.29) is 22.8 Å². The number of anilines is 2. The summed E-state index contributed by atoms with van der Waals surface area (Å²) < 4.78 is 5.68. The molecule has 0 saturated carbocycles. The summed E-state index contributed by atoms with van der Waals surface area (Å²) in [6.07, 6.45) is 0.252. The molecule has 1 saturated heterocycles. The van der Waals surface area contributed by atoms with Gasteiger partial charge in [0, 0.05) is 43.6 Å². The molecule has 19 heavy (non-hydrogen) atoms. The molecular formula is C13H19N3O3. The van der Waals surface area contributed by atoms with Crippen LogP contribution in [0.15, 0.2) is 18.2 Å². The van der Waals surface area contributed by atoms with Crippen molar-refractivity contribution in [2.45, 2.75) is 26.1 Å². The van der Waals surface area contributed by atoms with E-state index < -0.39 is 0 Å². The van der Waals surface area contributed by atoms with Gasteiger partial charge in [-0.2, -0.15) is 0 Å². The van der Waals surface area contributed by atoms with Gasteiger partial charge in [0.25, 0.3) is 5.69 Å². The lowest BCUT2D eigenvalue weighted by atomic mass is 10.1. The van der Waals surface area contributed by atoms with Gasteiger partial charge in [0.05, 0.1) is 17.1 Å². The molecular weight excluding hydrogens is 246 g/mol. The molecule has 6 heteroatoms. The molecule has 104 valence electrons. The van der Waals surface area contributed by atoms with Crippen LogP contribution in [0.25, 0.3) is 0 Å². The van der Waals surface area contributed by atoms with Crippen LogP contribution < -0.4 is 10.2 Å². The zero-order chi connectivity index (χ0) is 14.0. The molecule has 6 nitrogen and oxygen atoms in total. The quantitative estimate of drug-likeness (QED) is 0.670. The van der Waals surface area contributed by atoms with Crippen LogP contribution >= 0.6 is 0 Å². The smallest absolute Gasteiger partial charge is 0.273 e. The molecule has 2 unspecified atom stereocenters. The molecule has 0 radical (unpaired) electrons. The average molecular weight is 265 g/mol. The first-order chi connectivity index (χ1) is 8.99. The van der Waals surface area contributed by atoms with Crippen molar-refractivity contribution < 1.29 is 9.66 Å². The van der Waals surface area contributed by atoms with E-state index in [9.17, 15) is 10.1 Å². The standard InChI is InChI=1S/C13H19N3O3/c1-9-7-15(8-10(2)19-9)12-4-11(14-3)5-13(6-12)16(17)18/h4-6,9-10,14H,7-8H2,1-3H3. The highest BCUT2D eigenvalue weighted by Crippen LogP contribution is 2.28. The minimum atomic E-state index is -0.363. The van der Waals surface area contributed by atoms with E-state index in [0.29, 0.717) is 0 Å². The Hall–Kier alpha value is -1.82. The lowest BCUT2D eigenvalue weighted by Crippen LogP contribution is -2.45. The summed E-state index contributed by atoms with van der Waals surface area (Å²) in [5, 5.41) is 13.9. The minimum absolute atomic E-state index is 0.105. The number of rotatable bonds is 3. The van der Waals surface area contributed by atoms with Crippen molar-refractivity contribution in [1.29, 1.82) is 0 Å². The number of non-ortho nitro benzene ring substituents is 1. The summed E-state index contributed by atoms with van der Waals surface area (Å²) in [6, 6.07) is 5.08. The van der Waals surface area contributed by atoms with Crippen molar-refractivity contribution in [3.63, 3.8) is 0 Å². The fourth-order valence-electron chi connectivity index (χ4n) is 2.42. The van der Waals surface area contributed by atoms with Crippen molar-refractivity contribution in [3.05, 3.63) is 28.3 Å². The van der Waals surface area contributed by atoms with Crippen molar-refractivity contribution in [3.8, 4) is 0 Å². The van der Waals surface area contributed by atoms with Crippen molar-refractivity contribution in [2.75, 3.05) is 30.4 Å². The lowest BCUT2D eigenvalue weighted by Gasteiger charge is -2.36. The maximum Gasteiger partial charge on any atom is 0.273 e. The Morgan fingerprint density at radius 3 is 2.47 bits per heavy atom. The van der Waals surface area contributed by atoms with Crippen molar-refractivity contribution in [2.24, 2.45) is 0 Å². The number of ether oxygens (including phenoxy) is 1. The summed E-state index contributed by atoms with van der Waals surface area (Å²) in [6.45, 7) is 5.52. The number of hydrogen-bond donors (Lipinski definition) is 1. The number of morpholine rings is 1. The predicted octanol–water partition coefficient (Wildman–Crippen LogP) is 2.25. The summed E-state index contributed by atoms with van der Waals surface area (Å²) in [7, 11) is 1.76. The Balaban J connectivity index is 2.32. The van der Waals surface area contributed by atoms with Gasteiger partial charge in [-0.3, -0.25) is 10.1 Å². The molecule has 2 rings (SSSR count). The molecule has 0 spiro atoms. The Labute approximate surface area is 112 Å². The Kier molecular flexibility index (Phi) is 3.90. The zero-order valence-electron chi connectivity index (χ0n) is 11.4. The highest BCUT2D eigenvalue weighted by atomic mass is 16.6. The van der Waals surface area contributed by atoms with Crippen LogP contribution in [0, 0.1) is 10.1 Å². The van der Waals surface area contributed by atoms with E-state index in [2.05, 4.69) is 10.2 Å². The summed E-state index contributed by atoms with van der Waals surface area (Å²) in [5.41, 5.74) is 1.71. The van der Waals surface area contributed by atoms with E-state index in [1.165, 1.54) is 6.07 Å². The van der Waals surface area contributed by atoms with E-state index in [1.54, 1.807) is 13.1 Å². The zero-order valence-corrected chi connectivity index (χ0v) is 11.4. The number of nitro benzene ring substituents is 1. The second-order valence-corrected chi connectivity index (χ2v) is 4.91. The van der Waals surface area contributed by atoms with Gasteiger partial charge in [0.15, 0.2) is 0 Å². The van der Waals surface area contributed by atoms with E-state index >= 15 is 0 Å². The number of nitrogens with one attached hydrogen (secondary N) is 1. The molecule has 1 N–H and O–H groups in total. The monoisotopic (exact) mass is 265 g/mol. The first kappa shape index (κ1) is 13.6. The normalized spacial score (nSPS) is 23.2. The highest BCUT2D eigenvalue weighted by Gasteiger charge is 2.24. The van der Waals surface area contributed by atoms with E-state index in [4.69, 9.17) is 4.74 Å². The van der Waals surface area contributed by atoms with Gasteiger partial charge < -0.3 is 15.0 Å². The fraction of sp³-hybridized carbons (Fsp3) is 0.538. The fourth-order valence-corrected chi connectivity index (χ4v) is 2.42. The Bertz CT molecular complexity index is 468. The molecule has 0 aliphatic carbocycles. The molecule has 1 aliphatic rings. The molecule has 2 atom stereocenters. The van der Waals surface area contributed by atoms with Crippen LogP contribution in [0.1, 0.15) is 13.8 Å². The van der Waals surface area contributed by atoms with Gasteiger partial charge in [0.1, 0.15) is 0 Å².